The van der Waals surface area contributed by atoms with Gasteiger partial charge in [-0.05, 0) is 62.6 Å². The van der Waals surface area contributed by atoms with E-state index in [1.54, 1.807) is 6.33 Å². The van der Waals surface area contributed by atoms with Crippen molar-refractivity contribution >= 4 is 38.9 Å². The van der Waals surface area contributed by atoms with Gasteiger partial charge >= 0.3 is 0 Å². The molecule has 2 aliphatic rings. The Labute approximate surface area is 156 Å². The van der Waals surface area contributed by atoms with Crippen LogP contribution < -0.4 is 10.2 Å². The first kappa shape index (κ1) is 15.8. The predicted octanol–water partition coefficient (Wildman–Crippen LogP) is 3.35. The highest BCUT2D eigenvalue weighted by atomic mass is 32.1. The molecule has 2 aliphatic heterocycles. The van der Waals surface area contributed by atoms with Crippen LogP contribution in [0.2, 0.25) is 0 Å². The number of hydrogen-bond donors (Lipinski definition) is 2. The van der Waals surface area contributed by atoms with Gasteiger partial charge in [-0.3, -0.25) is 0 Å². The molecular weight excluding hydrogens is 344 g/mol. The third-order valence-electron chi connectivity index (χ3n) is 5.35. The lowest BCUT2D eigenvalue weighted by atomic mass is 10.0. The van der Waals surface area contributed by atoms with E-state index < -0.39 is 0 Å². The molecule has 3 aromatic rings. The number of amidine groups is 1. The summed E-state index contributed by atoms with van der Waals surface area (Å²) in [5, 5.41) is 7.03. The van der Waals surface area contributed by atoms with Gasteiger partial charge in [-0.2, -0.15) is 0 Å². The first-order valence-corrected chi connectivity index (χ1v) is 9.93. The van der Waals surface area contributed by atoms with Crippen molar-refractivity contribution < 1.29 is 0 Å². The SMILES string of the molecule is CN1CCC(N2CN=C(Nc3ccc4nc[nH]c4c3)c3ccsc32)CC1. The number of hydrogen-bond acceptors (Lipinski definition) is 6. The minimum atomic E-state index is 0.593. The van der Waals surface area contributed by atoms with Crippen molar-refractivity contribution in [1.29, 1.82) is 0 Å². The van der Waals surface area contributed by atoms with Crippen LogP contribution in [0.5, 0.6) is 0 Å². The lowest BCUT2D eigenvalue weighted by Crippen LogP contribution is -2.45. The van der Waals surface area contributed by atoms with Gasteiger partial charge in [-0.1, -0.05) is 0 Å². The molecule has 0 saturated carbocycles. The van der Waals surface area contributed by atoms with Crippen LogP contribution in [-0.2, 0) is 0 Å². The van der Waals surface area contributed by atoms with Crippen molar-refractivity contribution in [1.82, 2.24) is 14.9 Å². The van der Waals surface area contributed by atoms with Crippen molar-refractivity contribution in [2.24, 2.45) is 4.99 Å². The first-order chi connectivity index (χ1) is 12.8. The van der Waals surface area contributed by atoms with Gasteiger partial charge in [0, 0.05) is 11.7 Å². The molecule has 7 heteroatoms. The van der Waals surface area contributed by atoms with Gasteiger partial charge in [0.1, 0.15) is 17.5 Å². The zero-order valence-corrected chi connectivity index (χ0v) is 15.6. The molecule has 1 fully saturated rings. The summed E-state index contributed by atoms with van der Waals surface area (Å²) in [5.41, 5.74) is 4.26. The number of H-pyrrole nitrogens is 1. The molecule has 0 aliphatic carbocycles. The number of thiophene rings is 1. The number of piperidine rings is 1. The van der Waals surface area contributed by atoms with Crippen LogP contribution >= 0.6 is 11.3 Å². The molecule has 2 N–H and O–H groups in total. The summed E-state index contributed by atoms with van der Waals surface area (Å²) in [6.07, 6.45) is 4.15. The van der Waals surface area contributed by atoms with E-state index in [1.165, 1.54) is 36.5 Å². The largest absolute Gasteiger partial charge is 0.345 e. The minimum Gasteiger partial charge on any atom is -0.345 e. The Morgan fingerprint density at radius 1 is 1.23 bits per heavy atom. The first-order valence-electron chi connectivity index (χ1n) is 9.05. The van der Waals surface area contributed by atoms with Crippen molar-refractivity contribution in [3.63, 3.8) is 0 Å². The van der Waals surface area contributed by atoms with Crippen LogP contribution in [-0.4, -0.2) is 53.6 Å². The molecule has 1 saturated heterocycles. The van der Waals surface area contributed by atoms with Gasteiger partial charge in [-0.25, -0.2) is 9.98 Å². The molecule has 0 amide bonds. The van der Waals surface area contributed by atoms with Crippen LogP contribution in [0, 0.1) is 0 Å². The van der Waals surface area contributed by atoms with Crippen LogP contribution in [0.3, 0.4) is 0 Å². The maximum absolute atomic E-state index is 4.88. The van der Waals surface area contributed by atoms with Crippen LogP contribution in [0.1, 0.15) is 18.4 Å². The second kappa shape index (κ2) is 6.41. The quantitative estimate of drug-likeness (QED) is 0.730. The minimum absolute atomic E-state index is 0.593. The van der Waals surface area contributed by atoms with E-state index in [-0.39, 0.29) is 0 Å². The Kier molecular flexibility index (Phi) is 3.90. The normalized spacial score (nSPS) is 18.8. The number of aliphatic imine (C=N–C) groups is 1. The van der Waals surface area contributed by atoms with Crippen molar-refractivity contribution in [3.8, 4) is 0 Å². The van der Waals surface area contributed by atoms with E-state index in [9.17, 15) is 0 Å². The van der Waals surface area contributed by atoms with Gasteiger partial charge < -0.3 is 20.1 Å². The van der Waals surface area contributed by atoms with Crippen LogP contribution in [0.25, 0.3) is 11.0 Å². The number of nitrogens with zero attached hydrogens (tertiary/aromatic N) is 4. The molecule has 0 unspecified atom stereocenters. The summed E-state index contributed by atoms with van der Waals surface area (Å²) in [6, 6.07) is 8.94. The van der Waals surface area contributed by atoms with Gasteiger partial charge in [0.15, 0.2) is 0 Å². The zero-order valence-electron chi connectivity index (χ0n) is 14.8. The topological polar surface area (TPSA) is 59.5 Å². The van der Waals surface area contributed by atoms with Crippen molar-refractivity contribution in [2.45, 2.75) is 18.9 Å². The molecule has 0 radical (unpaired) electrons. The van der Waals surface area contributed by atoms with E-state index in [0.717, 1.165) is 29.2 Å². The van der Waals surface area contributed by atoms with Gasteiger partial charge in [0.2, 0.25) is 0 Å². The fraction of sp³-hybridized carbons (Fsp3) is 0.368. The fourth-order valence-electron chi connectivity index (χ4n) is 3.85. The molecule has 5 rings (SSSR count). The molecule has 2 aromatic heterocycles. The lowest BCUT2D eigenvalue weighted by Gasteiger charge is -2.39. The summed E-state index contributed by atoms with van der Waals surface area (Å²) < 4.78 is 0. The Bertz CT molecular complexity index is 950. The molecule has 6 nitrogen and oxygen atoms in total. The maximum Gasteiger partial charge on any atom is 0.137 e. The van der Waals surface area contributed by atoms with Crippen molar-refractivity contribution in [3.05, 3.63) is 41.5 Å². The Morgan fingerprint density at radius 3 is 3.00 bits per heavy atom. The number of benzene rings is 1. The molecule has 0 atom stereocenters. The summed E-state index contributed by atoms with van der Waals surface area (Å²) in [6.45, 7) is 3.07. The van der Waals surface area contributed by atoms with E-state index in [0.29, 0.717) is 6.04 Å². The predicted molar refractivity (Wildman–Crippen MR) is 108 cm³/mol. The van der Waals surface area contributed by atoms with E-state index in [4.69, 9.17) is 4.99 Å². The Hall–Kier alpha value is -2.38. The standard InChI is InChI=1S/C19H22N6S/c1-24-7-4-14(5-8-24)25-12-22-18(15-6-9-26-19(15)25)23-13-2-3-16-17(10-13)21-11-20-16/h2-3,6,9-11,14H,4-5,7-8,12H2,1H3,(H,20,21)(H,22,23). The number of likely N-dealkylation sites (tertiary alicyclic amines) is 1. The summed E-state index contributed by atoms with van der Waals surface area (Å²) in [5.74, 6) is 0.962. The van der Waals surface area contributed by atoms with Gasteiger partial charge in [0.25, 0.3) is 0 Å². The average Bonchev–Trinajstić information content (AvgIpc) is 3.32. The number of rotatable bonds is 2. The van der Waals surface area contributed by atoms with Crippen LogP contribution in [0.15, 0.2) is 41.0 Å². The number of nitrogens with one attached hydrogen (secondary N) is 2. The van der Waals surface area contributed by atoms with Crippen molar-refractivity contribution in [2.75, 3.05) is 37.0 Å². The van der Waals surface area contributed by atoms with E-state index >= 15 is 0 Å². The second-order valence-corrected chi connectivity index (χ2v) is 7.95. The zero-order chi connectivity index (χ0) is 17.5. The van der Waals surface area contributed by atoms with Gasteiger partial charge in [-0.15, -0.1) is 11.3 Å². The molecule has 26 heavy (non-hydrogen) atoms. The Morgan fingerprint density at radius 2 is 2.12 bits per heavy atom. The average molecular weight is 366 g/mol. The summed E-state index contributed by atoms with van der Waals surface area (Å²) >= 11 is 1.82. The molecule has 134 valence electrons. The maximum atomic E-state index is 4.88. The molecule has 1 aromatic carbocycles. The number of imidazole rings is 1. The smallest absolute Gasteiger partial charge is 0.137 e. The second-order valence-electron chi connectivity index (χ2n) is 7.05. The number of fused-ring (bicyclic) bond motifs is 2. The summed E-state index contributed by atoms with van der Waals surface area (Å²) in [7, 11) is 2.21. The number of aromatic amines is 1. The number of anilines is 2. The molecule has 4 heterocycles. The molecular formula is C19H22N6S. The van der Waals surface area contributed by atoms with Crippen LogP contribution in [0.4, 0.5) is 10.7 Å². The number of aromatic nitrogens is 2. The monoisotopic (exact) mass is 366 g/mol. The molecule has 0 spiro atoms. The van der Waals surface area contributed by atoms with E-state index in [1.807, 2.05) is 17.4 Å². The lowest BCUT2D eigenvalue weighted by molar-refractivity contribution is 0.250. The third kappa shape index (κ3) is 2.77. The highest BCUT2D eigenvalue weighted by Crippen LogP contribution is 2.35. The van der Waals surface area contributed by atoms with E-state index in [2.05, 4.69) is 55.7 Å². The fourth-order valence-corrected chi connectivity index (χ4v) is 4.81. The Balaban J connectivity index is 1.39. The molecule has 0 bridgehead atoms. The summed E-state index contributed by atoms with van der Waals surface area (Å²) in [4.78, 5) is 17.2. The van der Waals surface area contributed by atoms with Gasteiger partial charge in [0.05, 0.1) is 22.9 Å². The highest BCUT2D eigenvalue weighted by molar-refractivity contribution is 7.14. The highest BCUT2D eigenvalue weighted by Gasteiger charge is 2.29. The third-order valence-corrected chi connectivity index (χ3v) is 6.30.